The van der Waals surface area contributed by atoms with Gasteiger partial charge in [-0.2, -0.15) is 0 Å². The molecule has 2 aromatic carbocycles. The molecule has 0 aliphatic carbocycles. The van der Waals surface area contributed by atoms with E-state index < -0.39 is 0 Å². The lowest BCUT2D eigenvalue weighted by molar-refractivity contribution is 0.956. The van der Waals surface area contributed by atoms with Gasteiger partial charge in [0.15, 0.2) is 0 Å². The van der Waals surface area contributed by atoms with Crippen LogP contribution in [0.5, 0.6) is 0 Å². The van der Waals surface area contributed by atoms with E-state index in [1.807, 2.05) is 0 Å². The summed E-state index contributed by atoms with van der Waals surface area (Å²) in [5, 5.41) is 0. The van der Waals surface area contributed by atoms with E-state index >= 15 is 0 Å². The molecule has 0 aromatic heterocycles. The molecular weight excluding hydrogens is 240 g/mol. The number of hydrogen-bond donors (Lipinski definition) is 0. The van der Waals surface area contributed by atoms with E-state index in [4.69, 9.17) is 11.6 Å². The van der Waals surface area contributed by atoms with Crippen LogP contribution in [0.3, 0.4) is 0 Å². The average molecular weight is 259 g/mol. The average Bonchev–Trinajstić information content (AvgIpc) is 2.46. The van der Waals surface area contributed by atoms with Gasteiger partial charge in [0, 0.05) is 5.88 Å². The highest BCUT2D eigenvalue weighted by molar-refractivity contribution is 6.17. The Morgan fingerprint density at radius 2 is 1.06 bits per heavy atom. The molecule has 0 amide bonds. The highest BCUT2D eigenvalue weighted by atomic mass is 35.5. The maximum Gasteiger partial charge on any atom is 0.0474 e. The number of alkyl halides is 1. The van der Waals surface area contributed by atoms with Crippen LogP contribution in [0.1, 0.15) is 29.2 Å². The minimum atomic E-state index is 0.596. The number of aryl methyl sites for hydroxylation is 3. The first-order valence-electron chi connectivity index (χ1n) is 6.53. The monoisotopic (exact) mass is 258 g/mol. The molecule has 0 aliphatic heterocycles. The Morgan fingerprint density at radius 1 is 0.667 bits per heavy atom. The third kappa shape index (κ3) is 3.61. The van der Waals surface area contributed by atoms with E-state index in [-0.39, 0.29) is 0 Å². The molecule has 1 heteroatoms. The van der Waals surface area contributed by atoms with Gasteiger partial charge in [-0.3, -0.25) is 0 Å². The van der Waals surface area contributed by atoms with Crippen LogP contribution in [-0.4, -0.2) is 0 Å². The molecule has 0 saturated carbocycles. The van der Waals surface area contributed by atoms with E-state index in [0.717, 1.165) is 19.3 Å². The molecule has 0 heterocycles. The Kier molecular flexibility index (Phi) is 4.83. The number of benzene rings is 2. The minimum absolute atomic E-state index is 0.596. The van der Waals surface area contributed by atoms with Crippen molar-refractivity contribution < 1.29 is 0 Å². The predicted molar refractivity (Wildman–Crippen MR) is 79.2 cm³/mol. The summed E-state index contributed by atoms with van der Waals surface area (Å²) < 4.78 is 0. The van der Waals surface area contributed by atoms with Crippen molar-refractivity contribution >= 4 is 11.6 Å². The summed E-state index contributed by atoms with van der Waals surface area (Å²) in [6.07, 6.45) is 3.30. The van der Waals surface area contributed by atoms with Gasteiger partial charge in [-0.05, 0) is 41.5 Å². The number of hydrogen-bond acceptors (Lipinski definition) is 0. The summed E-state index contributed by atoms with van der Waals surface area (Å²) in [5.41, 5.74) is 5.38. The van der Waals surface area contributed by atoms with Gasteiger partial charge in [-0.15, -0.1) is 11.6 Å². The van der Waals surface area contributed by atoms with Crippen molar-refractivity contribution in [2.75, 3.05) is 0 Å². The van der Waals surface area contributed by atoms with E-state index in [0.29, 0.717) is 5.88 Å². The maximum absolute atomic E-state index is 5.78. The summed E-state index contributed by atoms with van der Waals surface area (Å²) in [7, 11) is 0. The minimum Gasteiger partial charge on any atom is -0.122 e. The third-order valence-electron chi connectivity index (χ3n) is 3.31. The lowest BCUT2D eigenvalue weighted by atomic mass is 10.0. The maximum atomic E-state index is 5.78. The molecule has 0 aliphatic rings. The van der Waals surface area contributed by atoms with Crippen LogP contribution < -0.4 is 0 Å². The summed E-state index contributed by atoms with van der Waals surface area (Å²) in [6, 6.07) is 17.5. The van der Waals surface area contributed by atoms with Crippen molar-refractivity contribution in [2.45, 2.75) is 32.1 Å². The number of rotatable bonds is 5. The standard InChI is InChI=1S/C17H19Cl/c1-2-14-3-5-15(6-4-14)7-8-16-9-11-17(13-18)12-10-16/h3-6,9-12H,2,7-8,13H2,1H3. The second-order valence-corrected chi connectivity index (χ2v) is 4.89. The Balaban J connectivity index is 1.93. The van der Waals surface area contributed by atoms with Gasteiger partial charge in [0.2, 0.25) is 0 Å². The normalized spacial score (nSPS) is 10.6. The zero-order valence-electron chi connectivity index (χ0n) is 10.8. The fourth-order valence-corrected chi connectivity index (χ4v) is 2.20. The SMILES string of the molecule is CCc1ccc(CCc2ccc(CCl)cc2)cc1. The second kappa shape index (κ2) is 6.61. The van der Waals surface area contributed by atoms with E-state index in [2.05, 4.69) is 55.5 Å². The van der Waals surface area contributed by atoms with Gasteiger partial charge in [0.25, 0.3) is 0 Å². The third-order valence-corrected chi connectivity index (χ3v) is 3.62. The van der Waals surface area contributed by atoms with Gasteiger partial charge in [-0.1, -0.05) is 55.5 Å². The predicted octanol–water partition coefficient (Wildman–Crippen LogP) is 4.77. The Bertz CT molecular complexity index is 420. The largest absolute Gasteiger partial charge is 0.122 e. The molecular formula is C17H19Cl. The summed E-state index contributed by atoms with van der Waals surface area (Å²) in [5.74, 6) is 0.596. The lowest BCUT2D eigenvalue weighted by Gasteiger charge is -2.04. The van der Waals surface area contributed by atoms with E-state index in [9.17, 15) is 0 Å². The Hall–Kier alpha value is -1.27. The van der Waals surface area contributed by atoms with Crippen LogP contribution in [0.25, 0.3) is 0 Å². The van der Waals surface area contributed by atoms with Crippen molar-refractivity contribution in [3.8, 4) is 0 Å². The smallest absolute Gasteiger partial charge is 0.0474 e. The molecule has 0 radical (unpaired) electrons. The highest BCUT2D eigenvalue weighted by Crippen LogP contribution is 2.11. The van der Waals surface area contributed by atoms with Crippen molar-refractivity contribution in [2.24, 2.45) is 0 Å². The summed E-state index contributed by atoms with van der Waals surface area (Å²) in [4.78, 5) is 0. The van der Waals surface area contributed by atoms with Crippen molar-refractivity contribution in [1.29, 1.82) is 0 Å². The van der Waals surface area contributed by atoms with Crippen molar-refractivity contribution in [3.63, 3.8) is 0 Å². The Morgan fingerprint density at radius 3 is 1.44 bits per heavy atom. The molecule has 0 unspecified atom stereocenters. The van der Waals surface area contributed by atoms with Crippen LogP contribution >= 0.6 is 11.6 Å². The highest BCUT2D eigenvalue weighted by Gasteiger charge is 1.97. The molecule has 0 N–H and O–H groups in total. The fraction of sp³-hybridized carbons (Fsp3) is 0.294. The van der Waals surface area contributed by atoms with Crippen molar-refractivity contribution in [1.82, 2.24) is 0 Å². The number of halogens is 1. The molecule has 0 bridgehead atoms. The molecule has 2 aromatic rings. The van der Waals surface area contributed by atoms with Gasteiger partial charge >= 0.3 is 0 Å². The lowest BCUT2D eigenvalue weighted by Crippen LogP contribution is -1.92. The van der Waals surface area contributed by atoms with E-state index in [1.165, 1.54) is 22.3 Å². The molecule has 94 valence electrons. The molecule has 0 saturated heterocycles. The molecule has 0 spiro atoms. The molecule has 18 heavy (non-hydrogen) atoms. The van der Waals surface area contributed by atoms with Gasteiger partial charge in [0.1, 0.15) is 0 Å². The van der Waals surface area contributed by atoms with Crippen LogP contribution in [0, 0.1) is 0 Å². The molecule has 0 nitrogen and oxygen atoms in total. The molecule has 2 rings (SSSR count). The first-order valence-corrected chi connectivity index (χ1v) is 7.07. The first-order chi connectivity index (χ1) is 8.81. The first kappa shape index (κ1) is 13.2. The topological polar surface area (TPSA) is 0 Å². The van der Waals surface area contributed by atoms with Gasteiger partial charge in [-0.25, -0.2) is 0 Å². The Labute approximate surface area is 115 Å². The zero-order valence-corrected chi connectivity index (χ0v) is 11.6. The molecule has 0 fully saturated rings. The van der Waals surface area contributed by atoms with Crippen LogP contribution in [0.2, 0.25) is 0 Å². The van der Waals surface area contributed by atoms with Crippen molar-refractivity contribution in [3.05, 3.63) is 70.8 Å². The van der Waals surface area contributed by atoms with Crippen LogP contribution in [0.4, 0.5) is 0 Å². The van der Waals surface area contributed by atoms with Gasteiger partial charge < -0.3 is 0 Å². The van der Waals surface area contributed by atoms with Crippen LogP contribution in [-0.2, 0) is 25.1 Å². The zero-order chi connectivity index (χ0) is 12.8. The fourth-order valence-electron chi connectivity index (χ4n) is 2.03. The summed E-state index contributed by atoms with van der Waals surface area (Å²) >= 11 is 5.78. The second-order valence-electron chi connectivity index (χ2n) is 4.62. The van der Waals surface area contributed by atoms with Crippen LogP contribution in [0.15, 0.2) is 48.5 Å². The van der Waals surface area contributed by atoms with E-state index in [1.54, 1.807) is 0 Å². The molecule has 0 atom stereocenters. The summed E-state index contributed by atoms with van der Waals surface area (Å²) in [6.45, 7) is 2.19. The van der Waals surface area contributed by atoms with Gasteiger partial charge in [0.05, 0.1) is 0 Å². The quantitative estimate of drug-likeness (QED) is 0.678.